The number of fused-ring (bicyclic) bond motifs is 3. The molecule has 3 rings (SSSR count). The zero-order chi connectivity index (χ0) is 11.1. The van der Waals surface area contributed by atoms with Crippen LogP contribution >= 0.6 is 0 Å². The average molecular weight is 212 g/mol. The highest BCUT2D eigenvalue weighted by molar-refractivity contribution is 5.83. The van der Waals surface area contributed by atoms with Gasteiger partial charge in [-0.05, 0) is 29.4 Å². The van der Waals surface area contributed by atoms with Gasteiger partial charge in [-0.15, -0.1) is 0 Å². The molecule has 0 radical (unpaired) electrons. The van der Waals surface area contributed by atoms with Crippen LogP contribution in [0.4, 0.5) is 0 Å². The van der Waals surface area contributed by atoms with Crippen LogP contribution in [-0.2, 0) is 4.79 Å². The Morgan fingerprint density at radius 1 is 1.25 bits per heavy atom. The van der Waals surface area contributed by atoms with Gasteiger partial charge in [-0.25, -0.2) is 0 Å². The third-order valence-electron chi connectivity index (χ3n) is 4.15. The average Bonchev–Trinajstić information content (AvgIpc) is 2.33. The molecule has 0 saturated heterocycles. The predicted molar refractivity (Wildman–Crippen MR) is 65.1 cm³/mol. The molecule has 0 bridgehead atoms. The Balaban J connectivity index is 2.04. The van der Waals surface area contributed by atoms with Crippen molar-refractivity contribution in [1.29, 1.82) is 0 Å². The van der Waals surface area contributed by atoms with Gasteiger partial charge in [-0.3, -0.25) is 4.79 Å². The molecule has 0 amide bonds. The van der Waals surface area contributed by atoms with Crippen molar-refractivity contribution in [2.45, 2.75) is 25.7 Å². The lowest BCUT2D eigenvalue weighted by Crippen LogP contribution is -2.32. The van der Waals surface area contributed by atoms with Crippen molar-refractivity contribution in [3.63, 3.8) is 0 Å². The van der Waals surface area contributed by atoms with Crippen molar-refractivity contribution < 1.29 is 4.79 Å². The van der Waals surface area contributed by atoms with Crippen LogP contribution in [0.1, 0.15) is 36.8 Å². The molecule has 0 spiro atoms. The number of benzene rings is 1. The third kappa shape index (κ3) is 1.35. The molecule has 1 fully saturated rings. The molecule has 0 aliphatic heterocycles. The lowest BCUT2D eigenvalue weighted by Gasteiger charge is -2.37. The molecular weight excluding hydrogens is 196 g/mol. The highest BCUT2D eigenvalue weighted by Crippen LogP contribution is 2.44. The smallest absolute Gasteiger partial charge is 0.136 e. The lowest BCUT2D eigenvalue weighted by molar-refractivity contribution is -0.125. The van der Waals surface area contributed by atoms with Gasteiger partial charge < -0.3 is 0 Å². The minimum absolute atomic E-state index is 0.198. The van der Waals surface area contributed by atoms with E-state index in [0.717, 1.165) is 12.8 Å². The quantitative estimate of drug-likeness (QED) is 0.644. The van der Waals surface area contributed by atoms with E-state index in [1.807, 2.05) is 0 Å². The van der Waals surface area contributed by atoms with E-state index in [0.29, 0.717) is 17.6 Å². The highest BCUT2D eigenvalue weighted by Gasteiger charge is 2.37. The maximum absolute atomic E-state index is 11.7. The molecule has 16 heavy (non-hydrogen) atoms. The minimum atomic E-state index is 0.198. The molecule has 1 heteroatoms. The summed E-state index contributed by atoms with van der Waals surface area (Å²) in [5, 5.41) is 0. The molecule has 0 N–H and O–H groups in total. The number of hydrogen-bond acceptors (Lipinski definition) is 1. The molecule has 2 aliphatic carbocycles. The molecule has 0 heterocycles. The van der Waals surface area contributed by atoms with Crippen molar-refractivity contribution in [3.8, 4) is 0 Å². The fourth-order valence-electron chi connectivity index (χ4n) is 3.16. The van der Waals surface area contributed by atoms with Crippen LogP contribution < -0.4 is 0 Å². The van der Waals surface area contributed by atoms with Gasteiger partial charge in [0.25, 0.3) is 0 Å². The summed E-state index contributed by atoms with van der Waals surface area (Å²) in [6.07, 6.45) is 6.21. The van der Waals surface area contributed by atoms with Crippen LogP contribution in [0, 0.1) is 11.8 Å². The first kappa shape index (κ1) is 9.83. The molecule has 1 aromatic rings. The largest absolute Gasteiger partial charge is 0.299 e. The van der Waals surface area contributed by atoms with Gasteiger partial charge in [0.05, 0.1) is 0 Å². The molecule has 0 aromatic heterocycles. The van der Waals surface area contributed by atoms with E-state index in [4.69, 9.17) is 0 Å². The van der Waals surface area contributed by atoms with Gasteiger partial charge in [-0.1, -0.05) is 43.3 Å². The second-order valence-corrected chi connectivity index (χ2v) is 4.97. The number of rotatable bonds is 0. The Kier molecular flexibility index (Phi) is 2.20. The Morgan fingerprint density at radius 3 is 2.94 bits per heavy atom. The van der Waals surface area contributed by atoms with Gasteiger partial charge in [0, 0.05) is 12.3 Å². The molecule has 1 nitrogen and oxygen atoms in total. The van der Waals surface area contributed by atoms with E-state index in [2.05, 4.69) is 43.3 Å². The first-order valence-corrected chi connectivity index (χ1v) is 6.07. The molecule has 3 atom stereocenters. The lowest BCUT2D eigenvalue weighted by atomic mass is 9.66. The number of Topliss-reactive ketones (excluding diaryl/α,β-unsaturated/α-hetero) is 1. The van der Waals surface area contributed by atoms with E-state index in [9.17, 15) is 4.79 Å². The Labute approximate surface area is 96.2 Å². The van der Waals surface area contributed by atoms with E-state index in [1.54, 1.807) is 0 Å². The van der Waals surface area contributed by atoms with Crippen molar-refractivity contribution in [2.75, 3.05) is 0 Å². The maximum Gasteiger partial charge on any atom is 0.136 e. The van der Waals surface area contributed by atoms with Gasteiger partial charge in [0.15, 0.2) is 0 Å². The number of carbonyl (C=O) groups excluding carboxylic acids is 1. The third-order valence-corrected chi connectivity index (χ3v) is 4.15. The van der Waals surface area contributed by atoms with Crippen molar-refractivity contribution in [2.24, 2.45) is 11.8 Å². The maximum atomic E-state index is 11.7. The first-order valence-electron chi connectivity index (χ1n) is 6.07. The van der Waals surface area contributed by atoms with E-state index >= 15 is 0 Å². The molecule has 1 aromatic carbocycles. The number of hydrogen-bond donors (Lipinski definition) is 0. The van der Waals surface area contributed by atoms with Crippen molar-refractivity contribution >= 4 is 11.9 Å². The molecule has 1 saturated carbocycles. The summed E-state index contributed by atoms with van der Waals surface area (Å²) in [6, 6.07) is 8.58. The normalized spacial score (nSPS) is 32.1. The Hall–Kier alpha value is -1.37. The van der Waals surface area contributed by atoms with Crippen LogP contribution in [-0.4, -0.2) is 5.78 Å². The Morgan fingerprint density at radius 2 is 2.06 bits per heavy atom. The molecule has 0 unspecified atom stereocenters. The van der Waals surface area contributed by atoms with Crippen molar-refractivity contribution in [1.82, 2.24) is 0 Å². The Bertz CT molecular complexity index is 458. The second-order valence-electron chi connectivity index (χ2n) is 4.97. The van der Waals surface area contributed by atoms with Gasteiger partial charge in [0.2, 0.25) is 0 Å². The zero-order valence-corrected chi connectivity index (χ0v) is 9.52. The van der Waals surface area contributed by atoms with Gasteiger partial charge in [-0.2, -0.15) is 0 Å². The summed E-state index contributed by atoms with van der Waals surface area (Å²) in [7, 11) is 0. The summed E-state index contributed by atoms with van der Waals surface area (Å²) in [5.74, 6) is 1.62. The summed E-state index contributed by atoms with van der Waals surface area (Å²) < 4.78 is 0. The monoisotopic (exact) mass is 212 g/mol. The molecule has 82 valence electrons. The molecular formula is C15H16O. The SMILES string of the molecule is C[C@H]1C(=O)CC[C@H]2c3ccccc3C=C[C@@H]12. The van der Waals surface area contributed by atoms with E-state index in [-0.39, 0.29) is 5.92 Å². The summed E-state index contributed by atoms with van der Waals surface area (Å²) >= 11 is 0. The summed E-state index contributed by atoms with van der Waals surface area (Å²) in [4.78, 5) is 11.7. The predicted octanol–water partition coefficient (Wildman–Crippen LogP) is 3.41. The summed E-state index contributed by atoms with van der Waals surface area (Å²) in [5.41, 5.74) is 2.78. The standard InChI is InChI=1S/C15H16O/c1-10-12-7-6-11-4-2-3-5-13(11)14(12)8-9-15(10)16/h2-7,10,12,14H,8-9H2,1H3/t10-,12+,14-/m1/s1. The topological polar surface area (TPSA) is 17.1 Å². The first-order chi connectivity index (χ1) is 7.77. The fraction of sp³-hybridized carbons (Fsp3) is 0.400. The van der Waals surface area contributed by atoms with Crippen LogP contribution in [0.5, 0.6) is 0 Å². The number of allylic oxidation sites excluding steroid dienone is 1. The number of carbonyl (C=O) groups is 1. The van der Waals surface area contributed by atoms with E-state index < -0.39 is 0 Å². The second kappa shape index (κ2) is 3.58. The summed E-state index contributed by atoms with van der Waals surface area (Å²) in [6.45, 7) is 2.08. The highest BCUT2D eigenvalue weighted by atomic mass is 16.1. The van der Waals surface area contributed by atoms with Gasteiger partial charge in [0.1, 0.15) is 5.78 Å². The van der Waals surface area contributed by atoms with Crippen LogP contribution in [0.2, 0.25) is 0 Å². The molecule has 2 aliphatic rings. The van der Waals surface area contributed by atoms with Crippen LogP contribution in [0.3, 0.4) is 0 Å². The number of ketones is 1. The van der Waals surface area contributed by atoms with Crippen LogP contribution in [0.25, 0.3) is 6.08 Å². The van der Waals surface area contributed by atoms with Gasteiger partial charge >= 0.3 is 0 Å². The zero-order valence-electron chi connectivity index (χ0n) is 9.52. The van der Waals surface area contributed by atoms with Crippen LogP contribution in [0.15, 0.2) is 30.3 Å². The van der Waals surface area contributed by atoms with Crippen molar-refractivity contribution in [3.05, 3.63) is 41.5 Å². The fourth-order valence-corrected chi connectivity index (χ4v) is 3.16. The van der Waals surface area contributed by atoms with E-state index in [1.165, 1.54) is 11.1 Å². The minimum Gasteiger partial charge on any atom is -0.299 e.